The summed E-state index contributed by atoms with van der Waals surface area (Å²) in [4.78, 5) is 9.03. The van der Waals surface area contributed by atoms with Gasteiger partial charge in [0.15, 0.2) is 5.58 Å². The highest BCUT2D eigenvalue weighted by molar-refractivity contribution is 6.35. The lowest BCUT2D eigenvalue weighted by Crippen LogP contribution is -1.77. The molecule has 138 valence electrons. The summed E-state index contributed by atoms with van der Waals surface area (Å²) < 4.78 is 5.85. The molecule has 0 bridgehead atoms. The monoisotopic (exact) mass is 406 g/mol. The predicted octanol–water partition coefficient (Wildman–Crippen LogP) is 7.53. The van der Waals surface area contributed by atoms with E-state index in [1.807, 2.05) is 60.7 Å². The first-order valence-electron chi connectivity index (χ1n) is 8.72. The van der Waals surface area contributed by atoms with Crippen molar-refractivity contribution < 1.29 is 4.42 Å². The highest BCUT2D eigenvalue weighted by Crippen LogP contribution is 2.27. The molecule has 1 heterocycles. The minimum atomic E-state index is 0.602. The van der Waals surface area contributed by atoms with Gasteiger partial charge in [0, 0.05) is 21.8 Å². The first kappa shape index (κ1) is 18.5. The minimum absolute atomic E-state index is 0.602. The minimum Gasteiger partial charge on any atom is -0.436 e. The van der Waals surface area contributed by atoms with Crippen molar-refractivity contribution in [3.8, 4) is 11.5 Å². The molecule has 0 fully saturated rings. The average molecular weight is 407 g/mol. The van der Waals surface area contributed by atoms with Crippen LogP contribution in [0.3, 0.4) is 0 Å². The molecule has 0 amide bonds. The van der Waals surface area contributed by atoms with E-state index in [9.17, 15) is 0 Å². The van der Waals surface area contributed by atoms with Crippen molar-refractivity contribution in [2.75, 3.05) is 0 Å². The van der Waals surface area contributed by atoms with Gasteiger partial charge in [-0.15, -0.1) is 0 Å². The van der Waals surface area contributed by atoms with Crippen LogP contribution in [0.15, 0.2) is 76.1 Å². The SMILES string of the molecule is Cc1ccc(-c2nc3cc(N=CC=Cc4ccc(Cl)cc4Cl)ccc3o2)cc1. The summed E-state index contributed by atoms with van der Waals surface area (Å²) in [5.41, 5.74) is 5.34. The van der Waals surface area contributed by atoms with Crippen LogP contribution >= 0.6 is 23.2 Å². The molecule has 0 aliphatic rings. The van der Waals surface area contributed by atoms with Crippen LogP contribution in [-0.4, -0.2) is 11.2 Å². The molecule has 5 heteroatoms. The van der Waals surface area contributed by atoms with Crippen LogP contribution in [0, 0.1) is 6.92 Å². The zero-order valence-electron chi connectivity index (χ0n) is 15.1. The summed E-state index contributed by atoms with van der Waals surface area (Å²) in [6, 6.07) is 19.1. The van der Waals surface area contributed by atoms with Crippen LogP contribution < -0.4 is 0 Å². The van der Waals surface area contributed by atoms with Crippen LogP contribution in [0.25, 0.3) is 28.6 Å². The number of aromatic nitrogens is 1. The number of nitrogens with zero attached hydrogens (tertiary/aromatic N) is 2. The summed E-state index contributed by atoms with van der Waals surface area (Å²) in [6.45, 7) is 2.05. The molecular formula is C23H16Cl2N2O. The van der Waals surface area contributed by atoms with Gasteiger partial charge in [-0.2, -0.15) is 0 Å². The topological polar surface area (TPSA) is 38.4 Å². The Morgan fingerprint density at radius 2 is 1.79 bits per heavy atom. The molecule has 4 rings (SSSR count). The zero-order valence-corrected chi connectivity index (χ0v) is 16.6. The number of aliphatic imine (C=N–C) groups is 1. The highest BCUT2D eigenvalue weighted by atomic mass is 35.5. The Morgan fingerprint density at radius 1 is 0.964 bits per heavy atom. The molecule has 0 saturated carbocycles. The number of hydrogen-bond acceptors (Lipinski definition) is 3. The Kier molecular flexibility index (Phi) is 5.29. The largest absolute Gasteiger partial charge is 0.436 e. The summed E-state index contributed by atoms with van der Waals surface area (Å²) in [5.74, 6) is 0.605. The third-order valence-corrected chi connectivity index (χ3v) is 4.78. The molecule has 0 radical (unpaired) electrons. The normalized spacial score (nSPS) is 11.8. The number of aryl methyl sites for hydroxylation is 1. The van der Waals surface area contributed by atoms with Crippen LogP contribution in [-0.2, 0) is 0 Å². The fourth-order valence-electron chi connectivity index (χ4n) is 2.73. The summed E-state index contributed by atoms with van der Waals surface area (Å²) in [6.07, 6.45) is 5.43. The first-order chi connectivity index (χ1) is 13.6. The first-order valence-corrected chi connectivity index (χ1v) is 9.47. The molecule has 3 aromatic carbocycles. The Labute approximate surface area is 173 Å². The summed E-state index contributed by atoms with van der Waals surface area (Å²) >= 11 is 12.1. The second-order valence-electron chi connectivity index (χ2n) is 6.34. The van der Waals surface area contributed by atoms with Crippen LogP contribution in [0.4, 0.5) is 5.69 Å². The van der Waals surface area contributed by atoms with E-state index in [2.05, 4.69) is 16.9 Å². The molecule has 0 saturated heterocycles. The second kappa shape index (κ2) is 8.01. The van der Waals surface area contributed by atoms with Gasteiger partial charge in [-0.3, -0.25) is 4.99 Å². The van der Waals surface area contributed by atoms with Gasteiger partial charge in [-0.05, 0) is 61.0 Å². The fraction of sp³-hybridized carbons (Fsp3) is 0.0435. The van der Waals surface area contributed by atoms with Crippen molar-refractivity contribution >= 4 is 52.3 Å². The van der Waals surface area contributed by atoms with E-state index in [1.54, 1.807) is 18.3 Å². The standard InChI is InChI=1S/C23H16Cl2N2O/c1-15-4-6-17(7-5-15)23-27-21-14-19(10-11-22(21)28-23)26-12-2-3-16-8-9-18(24)13-20(16)25/h2-14H,1H3. The average Bonchev–Trinajstić information content (AvgIpc) is 3.10. The van der Waals surface area contributed by atoms with E-state index in [0.29, 0.717) is 15.9 Å². The number of fused-ring (bicyclic) bond motifs is 1. The van der Waals surface area contributed by atoms with Crippen LogP contribution in [0.2, 0.25) is 10.0 Å². The van der Waals surface area contributed by atoms with Gasteiger partial charge in [-0.1, -0.05) is 53.0 Å². The molecule has 3 nitrogen and oxygen atoms in total. The van der Waals surface area contributed by atoms with Gasteiger partial charge in [0.05, 0.1) is 5.69 Å². The third-order valence-electron chi connectivity index (χ3n) is 4.22. The van der Waals surface area contributed by atoms with Crippen LogP contribution in [0.1, 0.15) is 11.1 Å². The molecule has 0 atom stereocenters. The zero-order chi connectivity index (χ0) is 19.5. The molecule has 28 heavy (non-hydrogen) atoms. The van der Waals surface area contributed by atoms with E-state index in [0.717, 1.165) is 27.9 Å². The maximum absolute atomic E-state index is 6.15. The molecule has 0 spiro atoms. The number of oxazole rings is 1. The summed E-state index contributed by atoms with van der Waals surface area (Å²) in [7, 11) is 0. The van der Waals surface area contributed by atoms with E-state index in [4.69, 9.17) is 27.6 Å². The molecule has 0 aliphatic carbocycles. The quantitative estimate of drug-likeness (QED) is 0.328. The van der Waals surface area contributed by atoms with Gasteiger partial charge in [0.25, 0.3) is 0 Å². The van der Waals surface area contributed by atoms with Gasteiger partial charge in [0.2, 0.25) is 5.89 Å². The van der Waals surface area contributed by atoms with Crippen molar-refractivity contribution in [1.82, 2.24) is 4.98 Å². The lowest BCUT2D eigenvalue weighted by atomic mass is 10.1. The Balaban J connectivity index is 1.53. The second-order valence-corrected chi connectivity index (χ2v) is 7.18. The lowest BCUT2D eigenvalue weighted by molar-refractivity contribution is 0.620. The Morgan fingerprint density at radius 3 is 2.57 bits per heavy atom. The number of benzene rings is 3. The Bertz CT molecular complexity index is 1190. The van der Waals surface area contributed by atoms with E-state index >= 15 is 0 Å². The molecule has 0 aliphatic heterocycles. The van der Waals surface area contributed by atoms with Gasteiger partial charge < -0.3 is 4.42 Å². The molecule has 0 unspecified atom stereocenters. The number of rotatable bonds is 4. The fourth-order valence-corrected chi connectivity index (χ4v) is 3.20. The number of halogens is 2. The summed E-state index contributed by atoms with van der Waals surface area (Å²) in [5, 5.41) is 1.21. The molecule has 1 aromatic heterocycles. The van der Waals surface area contributed by atoms with E-state index in [1.165, 1.54) is 5.56 Å². The van der Waals surface area contributed by atoms with Gasteiger partial charge in [-0.25, -0.2) is 4.98 Å². The van der Waals surface area contributed by atoms with Crippen molar-refractivity contribution in [3.63, 3.8) is 0 Å². The lowest BCUT2D eigenvalue weighted by Gasteiger charge is -1.97. The maximum atomic E-state index is 6.15. The Hall–Kier alpha value is -2.88. The van der Waals surface area contributed by atoms with Crippen LogP contribution in [0.5, 0.6) is 0 Å². The van der Waals surface area contributed by atoms with Gasteiger partial charge >= 0.3 is 0 Å². The van der Waals surface area contributed by atoms with Crippen molar-refractivity contribution in [1.29, 1.82) is 0 Å². The highest BCUT2D eigenvalue weighted by Gasteiger charge is 2.08. The maximum Gasteiger partial charge on any atom is 0.227 e. The van der Waals surface area contributed by atoms with Crippen molar-refractivity contribution in [2.24, 2.45) is 4.99 Å². The number of allylic oxidation sites excluding steroid dienone is 1. The molecule has 4 aromatic rings. The smallest absolute Gasteiger partial charge is 0.227 e. The van der Waals surface area contributed by atoms with E-state index < -0.39 is 0 Å². The van der Waals surface area contributed by atoms with E-state index in [-0.39, 0.29) is 0 Å². The molecule has 0 N–H and O–H groups in total. The third kappa shape index (κ3) is 4.16. The number of hydrogen-bond donors (Lipinski definition) is 0. The van der Waals surface area contributed by atoms with Crippen molar-refractivity contribution in [2.45, 2.75) is 6.92 Å². The van der Waals surface area contributed by atoms with Gasteiger partial charge in [0.1, 0.15) is 5.52 Å². The van der Waals surface area contributed by atoms with Crippen molar-refractivity contribution in [3.05, 3.63) is 87.9 Å². The molecular weight excluding hydrogens is 391 g/mol. The predicted molar refractivity (Wildman–Crippen MR) is 118 cm³/mol.